The van der Waals surface area contributed by atoms with E-state index in [4.69, 9.17) is 4.98 Å². The molecule has 0 radical (unpaired) electrons. The second-order valence-electron chi connectivity index (χ2n) is 10.7. The lowest BCUT2D eigenvalue weighted by molar-refractivity contribution is 0.313. The van der Waals surface area contributed by atoms with Gasteiger partial charge in [0, 0.05) is 49.4 Å². The summed E-state index contributed by atoms with van der Waals surface area (Å²) in [6.07, 6.45) is 10.5. The second kappa shape index (κ2) is 11.9. The molecular formula is C34H36N8. The number of hydrogen-bond acceptors (Lipinski definition) is 6. The Morgan fingerprint density at radius 1 is 1.05 bits per heavy atom. The maximum atomic E-state index is 5.03. The van der Waals surface area contributed by atoms with E-state index in [1.807, 2.05) is 43.6 Å². The minimum Gasteiger partial charge on any atom is -0.366 e. The summed E-state index contributed by atoms with van der Waals surface area (Å²) in [5.74, 6) is 0.722. The summed E-state index contributed by atoms with van der Waals surface area (Å²) < 4.78 is 0. The summed E-state index contributed by atoms with van der Waals surface area (Å²) in [5.41, 5.74) is 9.75. The predicted octanol–water partition coefficient (Wildman–Crippen LogP) is 6.07. The third kappa shape index (κ3) is 5.62. The minimum atomic E-state index is 0.722. The number of aromatic amines is 2. The van der Waals surface area contributed by atoms with Gasteiger partial charge in [-0.2, -0.15) is 5.10 Å². The molecule has 0 bridgehead atoms. The van der Waals surface area contributed by atoms with Gasteiger partial charge in [-0.3, -0.25) is 10.1 Å². The molecule has 0 atom stereocenters. The molecular weight excluding hydrogens is 520 g/mol. The zero-order valence-corrected chi connectivity index (χ0v) is 24.2. The van der Waals surface area contributed by atoms with Crippen molar-refractivity contribution in [3.8, 4) is 11.5 Å². The number of anilines is 1. The molecule has 8 heteroatoms. The fourth-order valence-corrected chi connectivity index (χ4v) is 5.42. The van der Waals surface area contributed by atoms with E-state index < -0.39 is 0 Å². The summed E-state index contributed by atoms with van der Waals surface area (Å²) in [6, 6.07) is 16.6. The molecule has 42 heavy (non-hydrogen) atoms. The Labute approximate surface area is 246 Å². The highest BCUT2D eigenvalue weighted by atomic mass is 15.3. The van der Waals surface area contributed by atoms with Crippen molar-refractivity contribution >= 4 is 33.2 Å². The molecule has 3 N–H and O–H groups in total. The Balaban J connectivity index is 1.29. The molecule has 1 fully saturated rings. The molecule has 1 aliphatic heterocycles. The fourth-order valence-electron chi connectivity index (χ4n) is 5.42. The Kier molecular flexibility index (Phi) is 7.70. The molecule has 1 saturated heterocycles. The van der Waals surface area contributed by atoms with Crippen molar-refractivity contribution in [2.45, 2.75) is 13.3 Å². The van der Waals surface area contributed by atoms with Crippen LogP contribution < -0.4 is 10.2 Å². The van der Waals surface area contributed by atoms with E-state index in [0.29, 0.717) is 0 Å². The topological polar surface area (TPSA) is 88.8 Å². The van der Waals surface area contributed by atoms with Crippen molar-refractivity contribution in [3.63, 3.8) is 0 Å². The molecule has 0 spiro atoms. The molecule has 4 heterocycles. The van der Waals surface area contributed by atoms with Gasteiger partial charge in [-0.05, 0) is 55.0 Å². The number of nitrogens with zero attached hydrogens (tertiary/aromatic N) is 5. The average molecular weight is 557 g/mol. The number of pyridine rings is 1. The van der Waals surface area contributed by atoms with Gasteiger partial charge in [0.25, 0.3) is 0 Å². The molecule has 3 aromatic heterocycles. The van der Waals surface area contributed by atoms with Gasteiger partial charge >= 0.3 is 0 Å². The zero-order chi connectivity index (χ0) is 29.1. The smallest absolute Gasteiger partial charge is 0.159 e. The monoisotopic (exact) mass is 556 g/mol. The summed E-state index contributed by atoms with van der Waals surface area (Å²) in [6.45, 7) is 14.2. The van der Waals surface area contributed by atoms with Crippen molar-refractivity contribution < 1.29 is 0 Å². The Hall–Kier alpha value is -4.95. The molecule has 0 unspecified atom stereocenters. The number of aromatic nitrogens is 5. The number of piperazine rings is 1. The van der Waals surface area contributed by atoms with Crippen LogP contribution in [0.15, 0.2) is 104 Å². The Bertz CT molecular complexity index is 1800. The molecule has 0 amide bonds. The first-order valence-corrected chi connectivity index (χ1v) is 14.3. The van der Waals surface area contributed by atoms with E-state index in [0.717, 1.165) is 94.3 Å². The molecule has 8 nitrogen and oxygen atoms in total. The Morgan fingerprint density at radius 2 is 1.86 bits per heavy atom. The van der Waals surface area contributed by atoms with Crippen LogP contribution in [0.2, 0.25) is 0 Å². The number of benzene rings is 2. The maximum Gasteiger partial charge on any atom is 0.159 e. The van der Waals surface area contributed by atoms with Gasteiger partial charge in [-0.25, -0.2) is 4.98 Å². The van der Waals surface area contributed by atoms with Gasteiger partial charge in [-0.1, -0.05) is 55.6 Å². The molecule has 5 aromatic rings. The van der Waals surface area contributed by atoms with E-state index in [-0.39, 0.29) is 0 Å². The van der Waals surface area contributed by atoms with E-state index in [9.17, 15) is 0 Å². The summed E-state index contributed by atoms with van der Waals surface area (Å²) in [4.78, 5) is 17.7. The lowest BCUT2D eigenvalue weighted by atomic mass is 10.0. The zero-order valence-electron chi connectivity index (χ0n) is 24.2. The highest BCUT2D eigenvalue weighted by Gasteiger charge is 2.20. The molecule has 212 valence electrons. The number of nitrogens with one attached hydrogen (secondary N) is 3. The molecule has 0 aliphatic carbocycles. The van der Waals surface area contributed by atoms with Crippen LogP contribution in [0.25, 0.3) is 39.0 Å². The van der Waals surface area contributed by atoms with Crippen molar-refractivity contribution in [1.29, 1.82) is 0 Å². The highest BCUT2D eigenvalue weighted by Crippen LogP contribution is 2.32. The van der Waals surface area contributed by atoms with Gasteiger partial charge in [0.15, 0.2) is 5.82 Å². The van der Waals surface area contributed by atoms with E-state index >= 15 is 0 Å². The van der Waals surface area contributed by atoms with Crippen molar-refractivity contribution in [2.75, 3.05) is 38.1 Å². The number of allylic oxidation sites excluding steroid dienone is 5. The molecule has 1 aliphatic rings. The maximum absolute atomic E-state index is 5.03. The van der Waals surface area contributed by atoms with Crippen LogP contribution in [0.4, 0.5) is 5.69 Å². The molecule has 0 saturated carbocycles. The third-order valence-corrected chi connectivity index (χ3v) is 7.76. The van der Waals surface area contributed by atoms with Gasteiger partial charge in [0.1, 0.15) is 11.2 Å². The summed E-state index contributed by atoms with van der Waals surface area (Å²) in [5, 5.41) is 12.3. The van der Waals surface area contributed by atoms with Gasteiger partial charge in [-0.15, -0.1) is 0 Å². The third-order valence-electron chi connectivity index (χ3n) is 7.76. The molecule has 2 aromatic carbocycles. The summed E-state index contributed by atoms with van der Waals surface area (Å²) in [7, 11) is 2.16. The number of H-pyrrole nitrogens is 2. The van der Waals surface area contributed by atoms with Crippen molar-refractivity contribution in [2.24, 2.45) is 0 Å². The standard InChI is InChI=1S/C34H36N8/c1-5-25(19-27(6-2)36-23(3)18-24-10-8-7-9-11-24)26-12-13-29-28(20-26)32(40-39-29)34-37-30-21-35-22-31(33(30)38-34)42-16-14-41(4)15-17-42/h5-13,19-22,36H,2-3,14-18H2,1,4H3,(H,37,38)(H,39,40)/b25-5+,27-19+. The quantitative estimate of drug-likeness (QED) is 0.191. The van der Waals surface area contributed by atoms with Gasteiger partial charge in [0.05, 0.1) is 29.1 Å². The largest absolute Gasteiger partial charge is 0.366 e. The van der Waals surface area contributed by atoms with Gasteiger partial charge in [0.2, 0.25) is 0 Å². The highest BCUT2D eigenvalue weighted by molar-refractivity contribution is 5.97. The number of fused-ring (bicyclic) bond motifs is 2. The lowest BCUT2D eigenvalue weighted by Crippen LogP contribution is -2.44. The lowest BCUT2D eigenvalue weighted by Gasteiger charge is -2.33. The normalized spacial score (nSPS) is 15.0. The first-order valence-electron chi connectivity index (χ1n) is 14.3. The number of imidazole rings is 1. The fraction of sp³-hybridized carbons (Fsp3) is 0.206. The van der Waals surface area contributed by atoms with Crippen molar-refractivity contribution in [3.05, 3.63) is 115 Å². The number of hydrogen-bond donors (Lipinski definition) is 3. The van der Waals surface area contributed by atoms with Crippen LogP contribution in [0, 0.1) is 0 Å². The van der Waals surface area contributed by atoms with Crippen molar-refractivity contribution in [1.82, 2.24) is 35.4 Å². The summed E-state index contributed by atoms with van der Waals surface area (Å²) >= 11 is 0. The second-order valence-corrected chi connectivity index (χ2v) is 10.7. The first kappa shape index (κ1) is 27.2. The van der Waals surface area contributed by atoms with Gasteiger partial charge < -0.3 is 20.1 Å². The van der Waals surface area contributed by atoms with Crippen LogP contribution in [0.1, 0.15) is 18.1 Å². The number of likely N-dealkylation sites (N-methyl/N-ethyl adjacent to an activating group) is 1. The minimum absolute atomic E-state index is 0.722. The van der Waals surface area contributed by atoms with E-state index in [1.165, 1.54) is 5.56 Å². The van der Waals surface area contributed by atoms with Crippen LogP contribution >= 0.6 is 0 Å². The SMILES string of the molecule is C=C/C(=C\C(=C/C)c1ccc2[nH]nc(-c3nc4c(N5CCN(C)CC5)cncc4[nH]3)c2c1)NC(=C)Cc1ccccc1. The Morgan fingerprint density at radius 3 is 2.62 bits per heavy atom. The first-order chi connectivity index (χ1) is 20.5. The number of rotatable bonds is 9. The van der Waals surface area contributed by atoms with Crippen LogP contribution in [-0.2, 0) is 6.42 Å². The van der Waals surface area contributed by atoms with E-state index in [1.54, 1.807) is 0 Å². The molecule has 6 rings (SSSR count). The van der Waals surface area contributed by atoms with Crippen LogP contribution in [0.3, 0.4) is 0 Å². The van der Waals surface area contributed by atoms with Crippen LogP contribution in [-0.4, -0.2) is 63.3 Å². The van der Waals surface area contributed by atoms with Crippen LogP contribution in [0.5, 0.6) is 0 Å². The average Bonchev–Trinajstić information content (AvgIpc) is 3.64. The predicted molar refractivity (Wildman–Crippen MR) is 173 cm³/mol. The van der Waals surface area contributed by atoms with E-state index in [2.05, 4.69) is 98.0 Å².